The van der Waals surface area contributed by atoms with E-state index in [2.05, 4.69) is 10.1 Å². The number of carbonyl (C=O) groups excluding carboxylic acids is 1. The summed E-state index contributed by atoms with van der Waals surface area (Å²) in [5, 5.41) is 16.0. The normalized spacial score (nSPS) is 21.0. The summed E-state index contributed by atoms with van der Waals surface area (Å²) in [4.78, 5) is 32.8. The van der Waals surface area contributed by atoms with E-state index in [9.17, 15) is 19.1 Å². The van der Waals surface area contributed by atoms with E-state index in [1.807, 2.05) is 24.2 Å². The summed E-state index contributed by atoms with van der Waals surface area (Å²) in [6.45, 7) is 1.00. The largest absolute Gasteiger partial charge is 0.473 e. The van der Waals surface area contributed by atoms with Crippen LogP contribution in [0.2, 0.25) is 0 Å². The highest BCUT2D eigenvalue weighted by Crippen LogP contribution is 2.31. The number of likely N-dealkylation sites (tertiary alicyclic amines) is 1. The van der Waals surface area contributed by atoms with Gasteiger partial charge in [0, 0.05) is 50.2 Å². The van der Waals surface area contributed by atoms with E-state index < -0.39 is 5.60 Å². The molecule has 1 saturated carbocycles. The first-order valence-electron chi connectivity index (χ1n) is 13.8. The van der Waals surface area contributed by atoms with Crippen LogP contribution in [0.15, 0.2) is 59.9 Å². The molecule has 1 aromatic carbocycles. The third-order valence-corrected chi connectivity index (χ3v) is 8.25. The first-order valence-corrected chi connectivity index (χ1v) is 13.8. The lowest BCUT2D eigenvalue weighted by molar-refractivity contribution is -0.141. The van der Waals surface area contributed by atoms with Gasteiger partial charge in [0.25, 0.3) is 5.56 Å². The van der Waals surface area contributed by atoms with Crippen molar-refractivity contribution in [2.24, 2.45) is 13.0 Å². The molecule has 1 saturated heterocycles. The third kappa shape index (κ3) is 5.25. The van der Waals surface area contributed by atoms with Gasteiger partial charge in [-0.15, -0.1) is 5.10 Å². The molecule has 2 fully saturated rings. The number of ether oxygens (including phenoxy) is 1. The number of piperidine rings is 1. The summed E-state index contributed by atoms with van der Waals surface area (Å²) in [7, 11) is 1.85. The van der Waals surface area contributed by atoms with E-state index in [1.54, 1.807) is 33.6 Å². The Bertz CT molecular complexity index is 1560. The molecule has 4 heterocycles. The molecule has 1 aliphatic carbocycles. The second-order valence-electron chi connectivity index (χ2n) is 11.0. The van der Waals surface area contributed by atoms with Gasteiger partial charge in [-0.25, -0.2) is 9.37 Å². The molecule has 0 atom stereocenters. The fraction of sp³-hybridized carbons (Fsp3) is 0.448. The Hall–Kier alpha value is -3.99. The first kappa shape index (κ1) is 26.2. The maximum Gasteiger partial charge on any atom is 0.262 e. The van der Waals surface area contributed by atoms with Crippen molar-refractivity contribution in [3.05, 3.63) is 71.3 Å². The maximum absolute atomic E-state index is 13.3. The highest BCUT2D eigenvalue weighted by Gasteiger charge is 2.37. The summed E-state index contributed by atoms with van der Waals surface area (Å²) in [5.74, 6) is 0.386. The van der Waals surface area contributed by atoms with E-state index in [1.165, 1.54) is 23.0 Å². The number of nitrogens with zero attached hydrogens (tertiary/aromatic N) is 6. The van der Waals surface area contributed by atoms with Crippen molar-refractivity contribution < 1.29 is 19.0 Å². The van der Waals surface area contributed by atoms with Gasteiger partial charge in [0.15, 0.2) is 5.65 Å². The van der Waals surface area contributed by atoms with Gasteiger partial charge in [0.05, 0.1) is 17.5 Å². The summed E-state index contributed by atoms with van der Waals surface area (Å²) < 4.78 is 24.2. The topological polar surface area (TPSA) is 107 Å². The number of aryl methyl sites for hydroxylation is 1. The minimum absolute atomic E-state index is 0.0332. The number of aliphatic hydroxyl groups is 1. The lowest BCUT2D eigenvalue weighted by Crippen LogP contribution is -2.51. The molecule has 10 nitrogen and oxygen atoms in total. The van der Waals surface area contributed by atoms with Crippen molar-refractivity contribution in [3.8, 4) is 11.6 Å². The van der Waals surface area contributed by atoms with Crippen LogP contribution < -0.4 is 10.3 Å². The summed E-state index contributed by atoms with van der Waals surface area (Å²) >= 11 is 0. The Kier molecular flexibility index (Phi) is 6.91. The van der Waals surface area contributed by atoms with Gasteiger partial charge >= 0.3 is 0 Å². The molecule has 3 aromatic heterocycles. The molecule has 0 radical (unpaired) electrons. The van der Waals surface area contributed by atoms with Crippen molar-refractivity contribution in [1.82, 2.24) is 28.8 Å². The Balaban J connectivity index is 1.05. The van der Waals surface area contributed by atoms with E-state index >= 15 is 0 Å². The van der Waals surface area contributed by atoms with Crippen molar-refractivity contribution in [3.63, 3.8) is 0 Å². The van der Waals surface area contributed by atoms with Crippen molar-refractivity contribution in [1.29, 1.82) is 0 Å². The molecule has 40 heavy (non-hydrogen) atoms. The minimum Gasteiger partial charge on any atom is -0.473 e. The predicted molar refractivity (Wildman–Crippen MR) is 146 cm³/mol. The molecular formula is C29H33FN6O4. The second-order valence-corrected chi connectivity index (χ2v) is 11.0. The number of benzene rings is 1. The molecule has 6 rings (SSSR count). The zero-order valence-electron chi connectivity index (χ0n) is 22.4. The average molecular weight is 549 g/mol. The zero-order valence-corrected chi connectivity index (χ0v) is 22.4. The number of halogens is 1. The number of amides is 1. The van der Waals surface area contributed by atoms with Crippen LogP contribution in [-0.2, 0) is 18.4 Å². The quantitative estimate of drug-likeness (QED) is 0.397. The fourth-order valence-corrected chi connectivity index (χ4v) is 5.91. The van der Waals surface area contributed by atoms with Gasteiger partial charge in [-0.05, 0) is 68.9 Å². The fourth-order valence-electron chi connectivity index (χ4n) is 5.91. The van der Waals surface area contributed by atoms with Crippen LogP contribution in [0.4, 0.5) is 4.39 Å². The number of hydrogen-bond donors (Lipinski definition) is 1. The van der Waals surface area contributed by atoms with Crippen LogP contribution in [0.3, 0.4) is 0 Å². The van der Waals surface area contributed by atoms with Crippen LogP contribution in [0.5, 0.6) is 5.88 Å². The van der Waals surface area contributed by atoms with Gasteiger partial charge in [0.1, 0.15) is 18.2 Å². The van der Waals surface area contributed by atoms with Crippen molar-refractivity contribution in [2.45, 2.75) is 56.8 Å². The smallest absolute Gasteiger partial charge is 0.262 e. The molecule has 210 valence electrons. The summed E-state index contributed by atoms with van der Waals surface area (Å²) in [6, 6.07) is 9.50. The van der Waals surface area contributed by atoms with Crippen LogP contribution in [0.25, 0.3) is 16.7 Å². The van der Waals surface area contributed by atoms with Gasteiger partial charge < -0.3 is 19.3 Å². The van der Waals surface area contributed by atoms with Crippen LogP contribution >= 0.6 is 0 Å². The van der Waals surface area contributed by atoms with E-state index in [0.717, 1.165) is 25.7 Å². The molecule has 0 unspecified atom stereocenters. The molecular weight excluding hydrogens is 515 g/mol. The number of fused-ring (bicyclic) bond motifs is 1. The van der Waals surface area contributed by atoms with E-state index in [0.29, 0.717) is 48.5 Å². The van der Waals surface area contributed by atoms with Gasteiger partial charge in [-0.2, -0.15) is 0 Å². The molecule has 1 aliphatic heterocycles. The van der Waals surface area contributed by atoms with Crippen molar-refractivity contribution >= 4 is 16.9 Å². The Morgan fingerprint density at radius 3 is 2.48 bits per heavy atom. The highest BCUT2D eigenvalue weighted by molar-refractivity contribution is 5.79. The molecule has 2 aliphatic rings. The van der Waals surface area contributed by atoms with Crippen molar-refractivity contribution in [2.75, 3.05) is 13.1 Å². The van der Waals surface area contributed by atoms with Gasteiger partial charge in [0.2, 0.25) is 11.8 Å². The lowest BCUT2D eigenvalue weighted by Gasteiger charge is -2.40. The van der Waals surface area contributed by atoms with Crippen LogP contribution in [0, 0.1) is 11.7 Å². The first-order chi connectivity index (χ1) is 19.3. The molecule has 1 N–H and O–H groups in total. The average Bonchev–Trinajstić information content (AvgIpc) is 3.57. The van der Waals surface area contributed by atoms with Gasteiger partial charge in [-0.3, -0.25) is 18.8 Å². The number of aromatic nitrogens is 5. The molecule has 11 heteroatoms. The monoisotopic (exact) mass is 548 g/mol. The molecule has 4 aromatic rings. The van der Waals surface area contributed by atoms with E-state index in [-0.39, 0.29) is 35.9 Å². The second kappa shape index (κ2) is 10.5. The third-order valence-electron chi connectivity index (χ3n) is 8.25. The Morgan fingerprint density at radius 2 is 1.80 bits per heavy atom. The van der Waals surface area contributed by atoms with E-state index in [4.69, 9.17) is 4.74 Å². The Labute approximate surface area is 230 Å². The summed E-state index contributed by atoms with van der Waals surface area (Å²) in [5.41, 5.74) is -0.183. The molecule has 1 amide bonds. The maximum atomic E-state index is 13.3. The highest BCUT2D eigenvalue weighted by atomic mass is 19.1. The lowest BCUT2D eigenvalue weighted by atomic mass is 9.85. The standard InChI is InChI=1S/C29H33FN6O4/c1-33-14-11-25(32-33)40-23-8-2-20(3-9-23)27(37)34-16-12-29(39,13-17-34)18-35-19-31-26-24(28(35)38)10-15-36(26)22-6-4-21(30)5-7-22/h4-7,10-11,14-15,19-20,23,39H,2-3,8-9,12-13,16-18H2,1H3/t20-,23-. The number of carbonyl (C=O) groups is 1. The molecule has 0 bridgehead atoms. The molecule has 0 spiro atoms. The Morgan fingerprint density at radius 1 is 1.07 bits per heavy atom. The number of rotatable bonds is 6. The SMILES string of the molecule is Cn1ccc(O[C@H]2CC[C@H](C(=O)N3CCC(O)(Cn4cnc5c(ccn5-c5ccc(F)cc5)c4=O)CC3)CC2)n1. The van der Waals surface area contributed by atoms with Crippen LogP contribution in [0.1, 0.15) is 38.5 Å². The number of hydrogen-bond acceptors (Lipinski definition) is 6. The van der Waals surface area contributed by atoms with Crippen LogP contribution in [-0.4, -0.2) is 64.6 Å². The minimum atomic E-state index is -1.11. The summed E-state index contributed by atoms with van der Waals surface area (Å²) in [6.07, 6.45) is 9.04. The predicted octanol–water partition coefficient (Wildman–Crippen LogP) is 3.05. The zero-order chi connectivity index (χ0) is 27.9. The van der Waals surface area contributed by atoms with Gasteiger partial charge in [-0.1, -0.05) is 0 Å².